The van der Waals surface area contributed by atoms with Gasteiger partial charge < -0.3 is 25.0 Å². The molecule has 0 radical (unpaired) electrons. The molecule has 0 aromatic heterocycles. The first kappa shape index (κ1) is 20.8. The Hall–Kier alpha value is -1.95. The van der Waals surface area contributed by atoms with Crippen molar-refractivity contribution in [3.8, 4) is 5.75 Å². The van der Waals surface area contributed by atoms with Gasteiger partial charge in [-0.3, -0.25) is 0 Å². The van der Waals surface area contributed by atoms with E-state index in [4.69, 9.17) is 16.3 Å². The van der Waals surface area contributed by atoms with Crippen molar-refractivity contribution in [2.45, 2.75) is 25.5 Å². The molecule has 0 amide bonds. The highest BCUT2D eigenvalue weighted by molar-refractivity contribution is 6.33. The highest BCUT2D eigenvalue weighted by Gasteiger charge is 2.25. The van der Waals surface area contributed by atoms with Crippen molar-refractivity contribution in [3.63, 3.8) is 0 Å². The van der Waals surface area contributed by atoms with Gasteiger partial charge in [0.1, 0.15) is 5.75 Å². The molecule has 6 heteroatoms. The molecular weight excluding hydrogens is 374 g/mol. The Morgan fingerprint density at radius 3 is 2.68 bits per heavy atom. The molecular formula is C22H30ClN3O2. The number of aliphatic hydroxyl groups is 1. The van der Waals surface area contributed by atoms with Gasteiger partial charge in [-0.2, -0.15) is 0 Å². The van der Waals surface area contributed by atoms with E-state index < -0.39 is 0 Å². The molecule has 0 bridgehead atoms. The average Bonchev–Trinajstić information content (AvgIpc) is 3.18. The van der Waals surface area contributed by atoms with Crippen LogP contribution in [0.15, 0.2) is 36.4 Å². The predicted octanol–water partition coefficient (Wildman–Crippen LogP) is 3.64. The molecule has 152 valence electrons. The quantitative estimate of drug-likeness (QED) is 0.704. The first-order valence-corrected chi connectivity index (χ1v) is 10.1. The Balaban J connectivity index is 1.60. The van der Waals surface area contributed by atoms with E-state index in [9.17, 15) is 5.11 Å². The van der Waals surface area contributed by atoms with Crippen LogP contribution < -0.4 is 15.0 Å². The van der Waals surface area contributed by atoms with Gasteiger partial charge in [-0.1, -0.05) is 17.7 Å². The molecule has 1 fully saturated rings. The summed E-state index contributed by atoms with van der Waals surface area (Å²) >= 11 is 6.58. The molecule has 1 atom stereocenters. The smallest absolute Gasteiger partial charge is 0.119 e. The second-order valence-electron chi connectivity index (χ2n) is 7.49. The maximum absolute atomic E-state index is 9.54. The molecule has 0 aliphatic carbocycles. The monoisotopic (exact) mass is 403 g/mol. The van der Waals surface area contributed by atoms with E-state index in [-0.39, 0.29) is 6.61 Å². The van der Waals surface area contributed by atoms with Crippen LogP contribution >= 0.6 is 11.6 Å². The van der Waals surface area contributed by atoms with Gasteiger partial charge in [-0.15, -0.1) is 0 Å². The van der Waals surface area contributed by atoms with Crippen molar-refractivity contribution in [1.82, 2.24) is 4.90 Å². The molecule has 2 N–H and O–H groups in total. The van der Waals surface area contributed by atoms with Crippen LogP contribution in [0.1, 0.15) is 17.5 Å². The molecule has 0 spiro atoms. The lowest BCUT2D eigenvalue weighted by Gasteiger charge is -2.23. The summed E-state index contributed by atoms with van der Waals surface area (Å²) in [6.45, 7) is 2.83. The minimum atomic E-state index is 0.0314. The largest absolute Gasteiger partial charge is 0.497 e. The molecule has 3 rings (SSSR count). The summed E-state index contributed by atoms with van der Waals surface area (Å²) in [7, 11) is 5.92. The minimum absolute atomic E-state index is 0.0314. The number of hydrogen-bond donors (Lipinski definition) is 2. The Kier molecular flexibility index (Phi) is 7.05. The maximum atomic E-state index is 9.54. The summed E-state index contributed by atoms with van der Waals surface area (Å²) in [5, 5.41) is 13.7. The van der Waals surface area contributed by atoms with Crippen molar-refractivity contribution >= 4 is 23.0 Å². The van der Waals surface area contributed by atoms with Gasteiger partial charge in [0.2, 0.25) is 0 Å². The van der Waals surface area contributed by atoms with Gasteiger partial charge in [0.25, 0.3) is 0 Å². The number of nitrogens with zero attached hydrogens (tertiary/aromatic N) is 2. The molecule has 0 saturated carbocycles. The Morgan fingerprint density at radius 1 is 1.21 bits per heavy atom. The SMILES string of the molecule is COc1ccc(CO)c(CCNc2ccc(N3CCC(N(C)C)C3)c(Cl)c2)c1. The van der Waals surface area contributed by atoms with Crippen LogP contribution in [0, 0.1) is 0 Å². The fourth-order valence-electron chi connectivity index (χ4n) is 3.71. The average molecular weight is 404 g/mol. The lowest BCUT2D eigenvalue weighted by Crippen LogP contribution is -2.31. The number of halogens is 1. The zero-order valence-corrected chi connectivity index (χ0v) is 17.7. The van der Waals surface area contributed by atoms with E-state index in [1.54, 1.807) is 7.11 Å². The summed E-state index contributed by atoms with van der Waals surface area (Å²) in [6.07, 6.45) is 1.96. The van der Waals surface area contributed by atoms with Crippen LogP contribution in [0.5, 0.6) is 5.75 Å². The van der Waals surface area contributed by atoms with Crippen molar-refractivity contribution in [2.75, 3.05) is 51.1 Å². The maximum Gasteiger partial charge on any atom is 0.119 e. The van der Waals surface area contributed by atoms with Crippen molar-refractivity contribution in [2.24, 2.45) is 0 Å². The molecule has 1 unspecified atom stereocenters. The third-order valence-corrected chi connectivity index (χ3v) is 5.79. The lowest BCUT2D eigenvalue weighted by molar-refractivity contribution is 0.280. The minimum Gasteiger partial charge on any atom is -0.497 e. The zero-order valence-electron chi connectivity index (χ0n) is 16.9. The van der Waals surface area contributed by atoms with E-state index in [0.717, 1.165) is 65.7 Å². The van der Waals surface area contributed by atoms with Crippen LogP contribution in [0.2, 0.25) is 5.02 Å². The number of benzene rings is 2. The Morgan fingerprint density at radius 2 is 2.04 bits per heavy atom. The van der Waals surface area contributed by atoms with E-state index in [2.05, 4.69) is 41.3 Å². The van der Waals surface area contributed by atoms with Gasteiger partial charge >= 0.3 is 0 Å². The Bertz CT molecular complexity index is 797. The van der Waals surface area contributed by atoms with Crippen LogP contribution in [0.25, 0.3) is 0 Å². The standard InChI is InChI=1S/C22H30ClN3O2/c1-25(2)19-9-11-26(14-19)22-7-5-18(13-21(22)23)24-10-8-16-12-20(28-3)6-4-17(16)15-27/h4-7,12-13,19,24,27H,8-11,14-15H2,1-3H3. The number of hydrogen-bond acceptors (Lipinski definition) is 5. The number of nitrogens with one attached hydrogen (secondary N) is 1. The predicted molar refractivity (Wildman–Crippen MR) is 117 cm³/mol. The molecule has 5 nitrogen and oxygen atoms in total. The number of ether oxygens (including phenoxy) is 1. The highest BCUT2D eigenvalue weighted by atomic mass is 35.5. The fourth-order valence-corrected chi connectivity index (χ4v) is 4.01. The van der Waals surface area contributed by atoms with E-state index >= 15 is 0 Å². The van der Waals surface area contributed by atoms with Crippen LogP contribution in [-0.4, -0.2) is 56.9 Å². The first-order chi connectivity index (χ1) is 13.5. The van der Waals surface area contributed by atoms with Gasteiger partial charge in [0.05, 0.1) is 24.4 Å². The second-order valence-corrected chi connectivity index (χ2v) is 7.90. The van der Waals surface area contributed by atoms with E-state index in [1.165, 1.54) is 0 Å². The summed E-state index contributed by atoms with van der Waals surface area (Å²) in [5.41, 5.74) is 4.13. The van der Waals surface area contributed by atoms with Gasteiger partial charge in [-0.25, -0.2) is 0 Å². The Labute approximate surface area is 172 Å². The molecule has 1 aliphatic heterocycles. The molecule has 1 aliphatic rings. The summed E-state index contributed by atoms with van der Waals surface area (Å²) < 4.78 is 5.29. The summed E-state index contributed by atoms with van der Waals surface area (Å²) in [6, 6.07) is 12.5. The van der Waals surface area contributed by atoms with Crippen molar-refractivity contribution in [3.05, 3.63) is 52.5 Å². The molecule has 1 saturated heterocycles. The topological polar surface area (TPSA) is 48.0 Å². The first-order valence-electron chi connectivity index (χ1n) is 9.73. The normalized spacial score (nSPS) is 16.6. The van der Waals surface area contributed by atoms with Crippen molar-refractivity contribution < 1.29 is 9.84 Å². The van der Waals surface area contributed by atoms with Crippen molar-refractivity contribution in [1.29, 1.82) is 0 Å². The number of methoxy groups -OCH3 is 1. The fraction of sp³-hybridized carbons (Fsp3) is 0.455. The lowest BCUT2D eigenvalue weighted by atomic mass is 10.0. The number of likely N-dealkylation sites (N-methyl/N-ethyl adjacent to an activating group) is 1. The molecule has 1 heterocycles. The third kappa shape index (κ3) is 4.90. The number of rotatable bonds is 8. The molecule has 2 aromatic carbocycles. The van der Waals surface area contributed by atoms with Gasteiger partial charge in [0, 0.05) is 31.4 Å². The van der Waals surface area contributed by atoms with Gasteiger partial charge in [-0.05, 0) is 68.4 Å². The summed E-state index contributed by atoms with van der Waals surface area (Å²) in [4.78, 5) is 4.64. The second kappa shape index (κ2) is 9.50. The summed E-state index contributed by atoms with van der Waals surface area (Å²) in [5.74, 6) is 0.807. The van der Waals surface area contributed by atoms with Crippen LogP contribution in [-0.2, 0) is 13.0 Å². The molecule has 2 aromatic rings. The third-order valence-electron chi connectivity index (χ3n) is 5.49. The zero-order chi connectivity index (χ0) is 20.1. The number of anilines is 2. The van der Waals surface area contributed by atoms with Gasteiger partial charge in [0.15, 0.2) is 0 Å². The number of aliphatic hydroxyl groups excluding tert-OH is 1. The van der Waals surface area contributed by atoms with E-state index in [0.29, 0.717) is 6.04 Å². The van der Waals surface area contributed by atoms with Crippen LogP contribution in [0.4, 0.5) is 11.4 Å². The van der Waals surface area contributed by atoms with E-state index in [1.807, 2.05) is 24.3 Å². The van der Waals surface area contributed by atoms with Crippen LogP contribution in [0.3, 0.4) is 0 Å². The highest BCUT2D eigenvalue weighted by Crippen LogP contribution is 2.32. The molecule has 28 heavy (non-hydrogen) atoms.